The summed E-state index contributed by atoms with van der Waals surface area (Å²) < 4.78 is 13.5. The fraction of sp³-hybridized carbons (Fsp3) is 0.385. The van der Waals surface area contributed by atoms with Crippen molar-refractivity contribution in [3.8, 4) is 22.9 Å². The molecule has 0 saturated carbocycles. The summed E-state index contributed by atoms with van der Waals surface area (Å²) >= 11 is 5.11. The second kappa shape index (κ2) is 5.88. The van der Waals surface area contributed by atoms with Crippen LogP contribution in [0.1, 0.15) is 13.8 Å². The number of ether oxygens (including phenoxy) is 2. The number of rotatable bonds is 5. The molecule has 6 heteroatoms. The first kappa shape index (κ1) is 13.6. The van der Waals surface area contributed by atoms with Crippen LogP contribution in [0.3, 0.4) is 0 Å². The van der Waals surface area contributed by atoms with Crippen molar-refractivity contribution in [2.24, 2.45) is 7.05 Å². The smallest absolute Gasteiger partial charge is 0.195 e. The van der Waals surface area contributed by atoms with Crippen LogP contribution in [0.4, 0.5) is 0 Å². The van der Waals surface area contributed by atoms with E-state index in [2.05, 4.69) is 10.2 Å². The zero-order valence-corrected chi connectivity index (χ0v) is 12.1. The van der Waals surface area contributed by atoms with Gasteiger partial charge in [0.1, 0.15) is 0 Å². The average Bonchev–Trinajstić information content (AvgIpc) is 2.73. The first-order chi connectivity index (χ1) is 9.17. The average molecular weight is 279 g/mol. The molecule has 5 nitrogen and oxygen atoms in total. The Kier molecular flexibility index (Phi) is 4.21. The van der Waals surface area contributed by atoms with Crippen LogP contribution >= 0.6 is 12.2 Å². The van der Waals surface area contributed by atoms with Gasteiger partial charge in [-0.15, -0.1) is 0 Å². The van der Waals surface area contributed by atoms with Gasteiger partial charge in [0, 0.05) is 12.6 Å². The number of aromatic nitrogens is 3. The third-order valence-electron chi connectivity index (χ3n) is 2.68. The van der Waals surface area contributed by atoms with Crippen molar-refractivity contribution < 1.29 is 9.47 Å². The molecule has 0 saturated heterocycles. The van der Waals surface area contributed by atoms with Gasteiger partial charge in [-0.1, -0.05) is 0 Å². The highest BCUT2D eigenvalue weighted by molar-refractivity contribution is 7.71. The summed E-state index contributed by atoms with van der Waals surface area (Å²) in [6.07, 6.45) is 0. The van der Waals surface area contributed by atoms with E-state index in [-0.39, 0.29) is 0 Å². The Balaban J connectivity index is 2.45. The lowest BCUT2D eigenvalue weighted by molar-refractivity contribution is 0.288. The Morgan fingerprint density at radius 1 is 1.21 bits per heavy atom. The molecule has 0 amide bonds. The quantitative estimate of drug-likeness (QED) is 0.855. The number of aromatic amines is 1. The van der Waals surface area contributed by atoms with Gasteiger partial charge in [0.2, 0.25) is 0 Å². The molecule has 0 aliphatic heterocycles. The van der Waals surface area contributed by atoms with E-state index < -0.39 is 0 Å². The lowest BCUT2D eigenvalue weighted by Crippen LogP contribution is -1.99. The number of H-pyrrole nitrogens is 1. The Bertz CT molecular complexity index is 619. The third-order valence-corrected chi connectivity index (χ3v) is 3.05. The first-order valence-corrected chi connectivity index (χ1v) is 6.59. The van der Waals surface area contributed by atoms with Gasteiger partial charge in [0.15, 0.2) is 22.1 Å². The summed E-state index contributed by atoms with van der Waals surface area (Å²) in [7, 11) is 1.87. The number of hydrogen-bond acceptors (Lipinski definition) is 4. The van der Waals surface area contributed by atoms with Gasteiger partial charge in [0.05, 0.1) is 13.2 Å². The van der Waals surface area contributed by atoms with Crippen LogP contribution in [0.5, 0.6) is 11.5 Å². The SMILES string of the molecule is CCOc1ccc(-c2n[nH]c(=S)n2C)cc1OCC. The summed E-state index contributed by atoms with van der Waals surface area (Å²) in [6, 6.07) is 5.75. The third kappa shape index (κ3) is 2.78. The van der Waals surface area contributed by atoms with Gasteiger partial charge in [-0.3, -0.25) is 5.10 Å². The molecule has 19 heavy (non-hydrogen) atoms. The fourth-order valence-corrected chi connectivity index (χ4v) is 1.93. The van der Waals surface area contributed by atoms with Crippen LogP contribution in [0.25, 0.3) is 11.4 Å². The minimum absolute atomic E-state index is 0.585. The van der Waals surface area contributed by atoms with E-state index in [9.17, 15) is 0 Å². The van der Waals surface area contributed by atoms with E-state index >= 15 is 0 Å². The molecule has 1 aromatic carbocycles. The van der Waals surface area contributed by atoms with E-state index in [1.54, 1.807) is 0 Å². The highest BCUT2D eigenvalue weighted by Gasteiger charge is 2.11. The normalized spacial score (nSPS) is 10.5. The molecule has 0 unspecified atom stereocenters. The molecular weight excluding hydrogens is 262 g/mol. The topological polar surface area (TPSA) is 52.1 Å². The highest BCUT2D eigenvalue weighted by Crippen LogP contribution is 2.32. The van der Waals surface area contributed by atoms with Gasteiger partial charge < -0.3 is 14.0 Å². The van der Waals surface area contributed by atoms with Gasteiger partial charge in [-0.05, 0) is 44.3 Å². The van der Waals surface area contributed by atoms with Crippen molar-refractivity contribution in [2.45, 2.75) is 13.8 Å². The lowest BCUT2D eigenvalue weighted by Gasteiger charge is -2.12. The highest BCUT2D eigenvalue weighted by atomic mass is 32.1. The van der Waals surface area contributed by atoms with E-state index in [0.717, 1.165) is 22.9 Å². The Hall–Kier alpha value is -1.82. The Morgan fingerprint density at radius 3 is 2.47 bits per heavy atom. The van der Waals surface area contributed by atoms with E-state index in [0.29, 0.717) is 18.0 Å². The molecule has 102 valence electrons. The van der Waals surface area contributed by atoms with Crippen molar-refractivity contribution in [1.29, 1.82) is 0 Å². The first-order valence-electron chi connectivity index (χ1n) is 6.18. The predicted octanol–water partition coefficient (Wildman–Crippen LogP) is 2.94. The number of nitrogens with zero attached hydrogens (tertiary/aromatic N) is 2. The van der Waals surface area contributed by atoms with Crippen LogP contribution in [0, 0.1) is 4.77 Å². The van der Waals surface area contributed by atoms with Crippen LogP contribution in [-0.4, -0.2) is 28.0 Å². The molecule has 0 radical (unpaired) electrons. The summed E-state index contributed by atoms with van der Waals surface area (Å²) in [5.41, 5.74) is 0.932. The van der Waals surface area contributed by atoms with Crippen molar-refractivity contribution in [2.75, 3.05) is 13.2 Å². The molecule has 0 aliphatic rings. The molecule has 0 bridgehead atoms. The maximum atomic E-state index is 5.60. The second-order valence-corrected chi connectivity index (χ2v) is 4.33. The van der Waals surface area contributed by atoms with Crippen molar-refractivity contribution in [3.63, 3.8) is 0 Å². The van der Waals surface area contributed by atoms with Crippen LogP contribution in [-0.2, 0) is 7.05 Å². The molecule has 0 fully saturated rings. The van der Waals surface area contributed by atoms with Crippen LogP contribution in [0.2, 0.25) is 0 Å². The predicted molar refractivity (Wildman–Crippen MR) is 76.2 cm³/mol. The van der Waals surface area contributed by atoms with Crippen molar-refractivity contribution in [1.82, 2.24) is 14.8 Å². The molecule has 0 spiro atoms. The molecule has 0 aliphatic carbocycles. The molecule has 1 aromatic heterocycles. The fourth-order valence-electron chi connectivity index (χ4n) is 1.80. The zero-order valence-electron chi connectivity index (χ0n) is 11.3. The second-order valence-electron chi connectivity index (χ2n) is 3.94. The maximum absolute atomic E-state index is 5.60. The Labute approximate surface area is 117 Å². The van der Waals surface area contributed by atoms with E-state index in [1.165, 1.54) is 0 Å². The minimum atomic E-state index is 0.585. The monoisotopic (exact) mass is 279 g/mol. The standard InChI is InChI=1S/C13H17N3O2S/c1-4-17-10-7-6-9(8-11(10)18-5-2)12-14-15-13(19)16(12)3/h6-8H,4-5H2,1-3H3,(H,15,19). The van der Waals surface area contributed by atoms with E-state index in [1.807, 2.05) is 43.7 Å². The largest absolute Gasteiger partial charge is 0.490 e. The molecule has 2 rings (SSSR count). The van der Waals surface area contributed by atoms with Gasteiger partial charge in [-0.25, -0.2) is 0 Å². The molecule has 2 aromatic rings. The minimum Gasteiger partial charge on any atom is -0.490 e. The number of benzene rings is 1. The molecule has 0 atom stereocenters. The summed E-state index contributed by atoms with van der Waals surface area (Å²) in [6.45, 7) is 5.08. The maximum Gasteiger partial charge on any atom is 0.195 e. The van der Waals surface area contributed by atoms with Crippen LogP contribution in [0.15, 0.2) is 18.2 Å². The van der Waals surface area contributed by atoms with Crippen molar-refractivity contribution in [3.05, 3.63) is 23.0 Å². The van der Waals surface area contributed by atoms with E-state index in [4.69, 9.17) is 21.7 Å². The molecular formula is C13H17N3O2S. The summed E-state index contributed by atoms with van der Waals surface area (Å²) in [5.74, 6) is 2.23. The Morgan fingerprint density at radius 2 is 1.89 bits per heavy atom. The van der Waals surface area contributed by atoms with Gasteiger partial charge >= 0.3 is 0 Å². The van der Waals surface area contributed by atoms with Gasteiger partial charge in [0.25, 0.3) is 0 Å². The summed E-state index contributed by atoms with van der Waals surface area (Å²) in [4.78, 5) is 0. The number of nitrogens with one attached hydrogen (secondary N) is 1. The van der Waals surface area contributed by atoms with Crippen LogP contribution < -0.4 is 9.47 Å². The zero-order chi connectivity index (χ0) is 13.8. The van der Waals surface area contributed by atoms with Gasteiger partial charge in [-0.2, -0.15) is 5.10 Å². The van der Waals surface area contributed by atoms with Crippen molar-refractivity contribution >= 4 is 12.2 Å². The number of hydrogen-bond donors (Lipinski definition) is 1. The molecule has 1 heterocycles. The molecule has 1 N–H and O–H groups in total. The summed E-state index contributed by atoms with van der Waals surface area (Å²) in [5, 5.41) is 6.98. The lowest BCUT2D eigenvalue weighted by atomic mass is 10.2.